The Morgan fingerprint density at radius 2 is 1.94 bits per heavy atom. The molecule has 3 rings (SSSR count). The predicted octanol–water partition coefficient (Wildman–Crippen LogP) is 3.23. The summed E-state index contributed by atoms with van der Waals surface area (Å²) in [6, 6.07) is 7.24. The van der Waals surface area contributed by atoms with E-state index in [1.807, 2.05) is 0 Å². The van der Waals surface area contributed by atoms with Crippen LogP contribution in [0.2, 0.25) is 0 Å². The minimum Gasteiger partial charge on any atom is -0.497 e. The molecule has 35 heavy (non-hydrogen) atoms. The van der Waals surface area contributed by atoms with E-state index in [4.69, 9.17) is 13.9 Å². The number of amides is 3. The van der Waals surface area contributed by atoms with Crippen LogP contribution in [-0.2, 0) is 9.59 Å². The minimum atomic E-state index is -0.996. The predicted molar refractivity (Wildman–Crippen MR) is 130 cm³/mol. The summed E-state index contributed by atoms with van der Waals surface area (Å²) in [7, 11) is 3.04. The number of furan rings is 1. The summed E-state index contributed by atoms with van der Waals surface area (Å²) in [5, 5.41) is 5.68. The van der Waals surface area contributed by atoms with Gasteiger partial charge in [-0.15, -0.1) is 6.58 Å². The summed E-state index contributed by atoms with van der Waals surface area (Å²) < 4.78 is 15.9. The van der Waals surface area contributed by atoms with Gasteiger partial charge in [-0.3, -0.25) is 14.4 Å². The highest BCUT2D eigenvalue weighted by Gasteiger charge is 2.34. The number of benzene rings is 1. The molecule has 2 aromatic rings. The lowest BCUT2D eigenvalue weighted by Gasteiger charge is -2.33. The molecule has 0 aliphatic heterocycles. The third-order valence-electron chi connectivity index (χ3n) is 6.04. The number of carbonyl (C=O) groups is 3. The smallest absolute Gasteiger partial charge is 0.287 e. The fourth-order valence-corrected chi connectivity index (χ4v) is 4.26. The van der Waals surface area contributed by atoms with Crippen LogP contribution in [0.3, 0.4) is 0 Å². The Morgan fingerprint density at radius 3 is 2.57 bits per heavy atom. The zero-order valence-electron chi connectivity index (χ0n) is 20.2. The van der Waals surface area contributed by atoms with Gasteiger partial charge in [0.25, 0.3) is 5.91 Å². The fourth-order valence-electron chi connectivity index (χ4n) is 4.26. The molecule has 0 radical (unpaired) electrons. The molecule has 1 heterocycles. The summed E-state index contributed by atoms with van der Waals surface area (Å²) in [4.78, 5) is 40.7. The van der Waals surface area contributed by atoms with Crippen LogP contribution >= 0.6 is 0 Å². The van der Waals surface area contributed by atoms with Gasteiger partial charge in [0, 0.05) is 24.2 Å². The van der Waals surface area contributed by atoms with E-state index in [1.54, 1.807) is 30.3 Å². The van der Waals surface area contributed by atoms with Gasteiger partial charge in [-0.2, -0.15) is 0 Å². The average Bonchev–Trinajstić information content (AvgIpc) is 3.42. The number of hydrogen-bond donors (Lipinski definition) is 2. The number of nitrogens with zero attached hydrogens (tertiary/aromatic N) is 1. The molecule has 1 aromatic carbocycles. The Morgan fingerprint density at radius 1 is 1.17 bits per heavy atom. The van der Waals surface area contributed by atoms with Gasteiger partial charge in [-0.05, 0) is 37.1 Å². The second kappa shape index (κ2) is 12.6. The molecule has 1 saturated carbocycles. The van der Waals surface area contributed by atoms with Gasteiger partial charge in [0.15, 0.2) is 5.76 Å². The first kappa shape index (κ1) is 25.9. The van der Waals surface area contributed by atoms with Crippen molar-refractivity contribution < 1.29 is 28.3 Å². The van der Waals surface area contributed by atoms with E-state index in [0.717, 1.165) is 32.1 Å². The highest BCUT2D eigenvalue weighted by Crippen LogP contribution is 2.33. The van der Waals surface area contributed by atoms with Crippen molar-refractivity contribution >= 4 is 17.7 Å². The maximum atomic E-state index is 13.7. The van der Waals surface area contributed by atoms with E-state index in [0.29, 0.717) is 17.1 Å². The van der Waals surface area contributed by atoms with Crippen molar-refractivity contribution in [1.82, 2.24) is 15.5 Å². The van der Waals surface area contributed by atoms with Gasteiger partial charge in [0.1, 0.15) is 17.5 Å². The van der Waals surface area contributed by atoms with E-state index in [1.165, 1.54) is 31.4 Å². The number of carbonyl (C=O) groups excluding carboxylic acids is 3. The molecule has 1 aromatic heterocycles. The van der Waals surface area contributed by atoms with Crippen LogP contribution in [0.5, 0.6) is 11.5 Å². The Labute approximate surface area is 205 Å². The number of hydrogen-bond acceptors (Lipinski definition) is 6. The lowest BCUT2D eigenvalue weighted by Crippen LogP contribution is -2.49. The molecular formula is C26H33N3O6. The Balaban J connectivity index is 1.90. The maximum absolute atomic E-state index is 13.7. The third kappa shape index (κ3) is 6.65. The van der Waals surface area contributed by atoms with Crippen molar-refractivity contribution in [2.45, 2.75) is 44.2 Å². The summed E-state index contributed by atoms with van der Waals surface area (Å²) in [5.41, 5.74) is 0.508. The SMILES string of the molecule is C=CCN(C(=O)CNC(=O)c1ccco1)[C@@H](C(=O)NC1CCCCC1)c1ccc(OC)cc1OC. The highest BCUT2D eigenvalue weighted by atomic mass is 16.5. The van der Waals surface area contributed by atoms with Crippen LogP contribution in [0.1, 0.15) is 54.3 Å². The van der Waals surface area contributed by atoms with Crippen LogP contribution in [0.15, 0.2) is 53.7 Å². The van der Waals surface area contributed by atoms with Gasteiger partial charge in [-0.25, -0.2) is 0 Å². The summed E-state index contributed by atoms with van der Waals surface area (Å²) in [6.45, 7) is 3.53. The third-order valence-corrected chi connectivity index (χ3v) is 6.04. The Hall–Kier alpha value is -3.75. The zero-order chi connectivity index (χ0) is 25.2. The van der Waals surface area contributed by atoms with Crippen LogP contribution in [0, 0.1) is 0 Å². The van der Waals surface area contributed by atoms with Crippen molar-refractivity contribution in [2.75, 3.05) is 27.3 Å². The van der Waals surface area contributed by atoms with Gasteiger partial charge >= 0.3 is 0 Å². The molecule has 3 amide bonds. The number of ether oxygens (including phenoxy) is 2. The maximum Gasteiger partial charge on any atom is 0.287 e. The largest absolute Gasteiger partial charge is 0.497 e. The molecular weight excluding hydrogens is 450 g/mol. The Kier molecular flexibility index (Phi) is 9.34. The van der Waals surface area contributed by atoms with Gasteiger partial charge in [0.2, 0.25) is 11.8 Å². The number of nitrogens with one attached hydrogen (secondary N) is 2. The summed E-state index contributed by atoms with van der Waals surface area (Å²) in [5.74, 6) is -0.220. The molecule has 1 fully saturated rings. The van der Waals surface area contributed by atoms with Crippen molar-refractivity contribution in [2.24, 2.45) is 0 Å². The molecule has 1 aliphatic carbocycles. The van der Waals surface area contributed by atoms with Crippen LogP contribution in [0.25, 0.3) is 0 Å². The van der Waals surface area contributed by atoms with E-state index in [9.17, 15) is 14.4 Å². The summed E-state index contributed by atoms with van der Waals surface area (Å²) >= 11 is 0. The standard InChI is InChI=1S/C26H33N3O6/c1-4-14-29(23(30)17-27-25(31)21-11-8-15-35-21)24(26(32)28-18-9-6-5-7-10-18)20-13-12-19(33-2)16-22(20)34-3/h4,8,11-13,15-16,18,24H,1,5-7,9-10,14,17H2,2-3H3,(H,27,31)(H,28,32)/t24-/m1/s1. The monoisotopic (exact) mass is 483 g/mol. The molecule has 0 unspecified atom stereocenters. The van der Waals surface area contributed by atoms with Gasteiger partial charge < -0.3 is 29.4 Å². The van der Waals surface area contributed by atoms with Crippen molar-refractivity contribution in [3.05, 3.63) is 60.6 Å². The lowest BCUT2D eigenvalue weighted by atomic mass is 9.94. The number of rotatable bonds is 11. The second-order valence-electron chi connectivity index (χ2n) is 8.35. The van der Waals surface area contributed by atoms with Crippen molar-refractivity contribution in [1.29, 1.82) is 0 Å². The summed E-state index contributed by atoms with van der Waals surface area (Å²) in [6.07, 6.45) is 7.97. The first-order valence-corrected chi connectivity index (χ1v) is 11.7. The lowest BCUT2D eigenvalue weighted by molar-refractivity contribution is -0.140. The van der Waals surface area contributed by atoms with Crippen LogP contribution < -0.4 is 20.1 Å². The average molecular weight is 484 g/mol. The molecule has 0 bridgehead atoms. The first-order chi connectivity index (χ1) is 17.0. The molecule has 1 atom stereocenters. The minimum absolute atomic E-state index is 0.0438. The number of methoxy groups -OCH3 is 2. The van der Waals surface area contributed by atoms with E-state index >= 15 is 0 Å². The van der Waals surface area contributed by atoms with Crippen molar-refractivity contribution in [3.8, 4) is 11.5 Å². The molecule has 1 aliphatic rings. The van der Waals surface area contributed by atoms with Crippen LogP contribution in [0.4, 0.5) is 0 Å². The quantitative estimate of drug-likeness (QED) is 0.475. The first-order valence-electron chi connectivity index (χ1n) is 11.7. The van der Waals surface area contributed by atoms with E-state index < -0.39 is 17.9 Å². The molecule has 9 heteroatoms. The van der Waals surface area contributed by atoms with E-state index in [2.05, 4.69) is 17.2 Å². The van der Waals surface area contributed by atoms with Crippen LogP contribution in [-0.4, -0.2) is 56.0 Å². The fraction of sp³-hybridized carbons (Fsp3) is 0.423. The molecule has 188 valence electrons. The molecule has 0 spiro atoms. The topological polar surface area (TPSA) is 110 Å². The normalized spacial score (nSPS) is 14.5. The van der Waals surface area contributed by atoms with Gasteiger partial charge in [-0.1, -0.05) is 25.3 Å². The molecule has 2 N–H and O–H groups in total. The molecule has 0 saturated heterocycles. The van der Waals surface area contributed by atoms with Crippen molar-refractivity contribution in [3.63, 3.8) is 0 Å². The second-order valence-corrected chi connectivity index (χ2v) is 8.35. The Bertz CT molecular complexity index is 1010. The molecule has 9 nitrogen and oxygen atoms in total. The van der Waals surface area contributed by atoms with E-state index in [-0.39, 0.29) is 30.8 Å². The zero-order valence-corrected chi connectivity index (χ0v) is 20.2. The van der Waals surface area contributed by atoms with Gasteiger partial charge in [0.05, 0.1) is 27.0 Å². The highest BCUT2D eigenvalue weighted by molar-refractivity contribution is 5.95.